The van der Waals surface area contributed by atoms with E-state index in [9.17, 15) is 9.59 Å². The lowest BCUT2D eigenvalue weighted by Gasteiger charge is -2.28. The Morgan fingerprint density at radius 1 is 1.29 bits per heavy atom. The summed E-state index contributed by atoms with van der Waals surface area (Å²) in [5.74, 6) is -0.000209. The molecule has 0 unspecified atom stereocenters. The summed E-state index contributed by atoms with van der Waals surface area (Å²) in [7, 11) is 0. The summed E-state index contributed by atoms with van der Waals surface area (Å²) in [4.78, 5) is 27.9. The van der Waals surface area contributed by atoms with Crippen LogP contribution in [0.3, 0.4) is 0 Å². The largest absolute Gasteiger partial charge is 0.472 e. The average molecular weight is 294 g/mol. The zero-order valence-corrected chi connectivity index (χ0v) is 12.4. The molecule has 0 atom stereocenters. The lowest BCUT2D eigenvalue weighted by molar-refractivity contribution is -0.135. The van der Waals surface area contributed by atoms with Crippen molar-refractivity contribution in [2.45, 2.75) is 19.8 Å². The number of hydrogen-bond donors (Lipinski definition) is 0. The standard InChI is InChI=1S/C15H22N2O4/c1-2-5-17(15(19)13-4-9-21-12-13)6-3-14(18)16-7-10-20-11-8-16/h4,9,12H,2-3,5-8,10-11H2,1H3. The number of nitrogens with zero attached hydrogens (tertiary/aromatic N) is 2. The molecule has 2 amide bonds. The van der Waals surface area contributed by atoms with Crippen LogP contribution in [0.15, 0.2) is 23.0 Å². The first-order valence-electron chi connectivity index (χ1n) is 7.39. The number of carbonyl (C=O) groups excluding carboxylic acids is 2. The summed E-state index contributed by atoms with van der Waals surface area (Å²) in [6.45, 7) is 5.56. The summed E-state index contributed by atoms with van der Waals surface area (Å²) >= 11 is 0. The fraction of sp³-hybridized carbons (Fsp3) is 0.600. The Balaban J connectivity index is 1.87. The van der Waals surface area contributed by atoms with E-state index in [4.69, 9.17) is 9.15 Å². The van der Waals surface area contributed by atoms with Crippen molar-refractivity contribution in [1.82, 2.24) is 9.80 Å². The van der Waals surface area contributed by atoms with Crippen LogP contribution in [0.4, 0.5) is 0 Å². The van der Waals surface area contributed by atoms with Crippen molar-refractivity contribution in [2.24, 2.45) is 0 Å². The number of hydrogen-bond acceptors (Lipinski definition) is 4. The molecule has 2 rings (SSSR count). The molecule has 1 saturated heterocycles. The Labute approximate surface area is 124 Å². The summed E-state index contributed by atoms with van der Waals surface area (Å²) in [6.07, 6.45) is 4.13. The van der Waals surface area contributed by atoms with Crippen LogP contribution in [0.25, 0.3) is 0 Å². The van der Waals surface area contributed by atoms with Crippen LogP contribution in [0.1, 0.15) is 30.1 Å². The smallest absolute Gasteiger partial charge is 0.257 e. The molecule has 0 bridgehead atoms. The van der Waals surface area contributed by atoms with Gasteiger partial charge in [0.15, 0.2) is 0 Å². The van der Waals surface area contributed by atoms with Gasteiger partial charge in [0.1, 0.15) is 6.26 Å². The highest BCUT2D eigenvalue weighted by molar-refractivity contribution is 5.94. The van der Waals surface area contributed by atoms with Gasteiger partial charge in [0.05, 0.1) is 25.0 Å². The minimum Gasteiger partial charge on any atom is -0.472 e. The van der Waals surface area contributed by atoms with Crippen molar-refractivity contribution < 1.29 is 18.7 Å². The number of ether oxygens (including phenoxy) is 1. The molecule has 0 N–H and O–H groups in total. The van der Waals surface area contributed by atoms with E-state index in [1.807, 2.05) is 6.92 Å². The van der Waals surface area contributed by atoms with Gasteiger partial charge in [-0.15, -0.1) is 0 Å². The fourth-order valence-corrected chi connectivity index (χ4v) is 2.36. The molecule has 0 aromatic carbocycles. The quantitative estimate of drug-likeness (QED) is 0.795. The van der Waals surface area contributed by atoms with E-state index in [0.29, 0.717) is 51.4 Å². The van der Waals surface area contributed by atoms with E-state index < -0.39 is 0 Å². The van der Waals surface area contributed by atoms with Gasteiger partial charge in [0.25, 0.3) is 5.91 Å². The predicted octanol–water partition coefficient (Wildman–Crippen LogP) is 1.38. The second kappa shape index (κ2) is 7.83. The molecule has 2 heterocycles. The Hall–Kier alpha value is -1.82. The van der Waals surface area contributed by atoms with Crippen LogP contribution in [0.5, 0.6) is 0 Å². The monoisotopic (exact) mass is 294 g/mol. The van der Waals surface area contributed by atoms with Gasteiger partial charge in [0, 0.05) is 32.6 Å². The maximum absolute atomic E-state index is 12.3. The highest BCUT2D eigenvalue weighted by atomic mass is 16.5. The third-order valence-electron chi connectivity index (χ3n) is 3.51. The molecule has 0 saturated carbocycles. The minimum atomic E-state index is -0.0830. The highest BCUT2D eigenvalue weighted by Crippen LogP contribution is 2.08. The molecule has 1 aromatic heterocycles. The zero-order valence-electron chi connectivity index (χ0n) is 12.4. The molecule has 0 aliphatic carbocycles. The van der Waals surface area contributed by atoms with E-state index in [0.717, 1.165) is 6.42 Å². The molecule has 0 spiro atoms. The Morgan fingerprint density at radius 2 is 2.05 bits per heavy atom. The predicted molar refractivity (Wildman–Crippen MR) is 76.9 cm³/mol. The van der Waals surface area contributed by atoms with E-state index in [-0.39, 0.29) is 11.8 Å². The first-order valence-corrected chi connectivity index (χ1v) is 7.39. The van der Waals surface area contributed by atoms with Gasteiger partial charge in [-0.1, -0.05) is 6.92 Å². The van der Waals surface area contributed by atoms with Crippen molar-refractivity contribution in [3.63, 3.8) is 0 Å². The summed E-state index contributed by atoms with van der Waals surface area (Å²) in [6, 6.07) is 1.65. The Kier molecular flexibility index (Phi) is 5.80. The van der Waals surface area contributed by atoms with Gasteiger partial charge in [-0.3, -0.25) is 9.59 Å². The molecule has 1 aliphatic heterocycles. The van der Waals surface area contributed by atoms with Crippen LogP contribution in [-0.4, -0.2) is 61.0 Å². The Bertz CT molecular complexity index is 452. The second-order valence-electron chi connectivity index (χ2n) is 5.05. The first-order chi connectivity index (χ1) is 10.2. The van der Waals surface area contributed by atoms with E-state index in [1.54, 1.807) is 15.9 Å². The lowest BCUT2D eigenvalue weighted by Crippen LogP contribution is -2.42. The SMILES string of the molecule is CCCN(CCC(=O)N1CCOCC1)C(=O)c1ccoc1. The van der Waals surface area contributed by atoms with Gasteiger partial charge in [-0.05, 0) is 12.5 Å². The van der Waals surface area contributed by atoms with Crippen LogP contribution in [0, 0.1) is 0 Å². The molecule has 116 valence electrons. The maximum Gasteiger partial charge on any atom is 0.257 e. The van der Waals surface area contributed by atoms with Crippen LogP contribution >= 0.6 is 0 Å². The third-order valence-corrected chi connectivity index (χ3v) is 3.51. The van der Waals surface area contributed by atoms with E-state index in [2.05, 4.69) is 0 Å². The van der Waals surface area contributed by atoms with Gasteiger partial charge in [-0.2, -0.15) is 0 Å². The van der Waals surface area contributed by atoms with Crippen molar-refractivity contribution in [3.8, 4) is 0 Å². The van der Waals surface area contributed by atoms with Crippen LogP contribution < -0.4 is 0 Å². The van der Waals surface area contributed by atoms with Gasteiger partial charge in [0.2, 0.25) is 5.91 Å². The number of carbonyl (C=O) groups is 2. The molecule has 1 fully saturated rings. The number of rotatable bonds is 6. The summed E-state index contributed by atoms with van der Waals surface area (Å²) in [5.41, 5.74) is 0.530. The second-order valence-corrected chi connectivity index (χ2v) is 5.05. The first kappa shape index (κ1) is 15.6. The average Bonchev–Trinajstić information content (AvgIpc) is 3.05. The van der Waals surface area contributed by atoms with Crippen molar-refractivity contribution in [3.05, 3.63) is 24.2 Å². The van der Waals surface area contributed by atoms with E-state index in [1.165, 1.54) is 12.5 Å². The number of morpholine rings is 1. The normalized spacial score (nSPS) is 15.0. The van der Waals surface area contributed by atoms with Gasteiger partial charge in [-0.25, -0.2) is 0 Å². The molecule has 1 aromatic rings. The summed E-state index contributed by atoms with van der Waals surface area (Å²) in [5, 5.41) is 0. The minimum absolute atomic E-state index is 0.0828. The topological polar surface area (TPSA) is 63.0 Å². The molecule has 0 radical (unpaired) electrons. The molecule has 6 heteroatoms. The van der Waals surface area contributed by atoms with Crippen molar-refractivity contribution >= 4 is 11.8 Å². The molecular formula is C15H22N2O4. The van der Waals surface area contributed by atoms with Crippen LogP contribution in [-0.2, 0) is 9.53 Å². The summed E-state index contributed by atoms with van der Waals surface area (Å²) < 4.78 is 10.2. The maximum atomic E-state index is 12.3. The molecular weight excluding hydrogens is 272 g/mol. The van der Waals surface area contributed by atoms with Gasteiger partial charge < -0.3 is 19.0 Å². The van der Waals surface area contributed by atoms with Gasteiger partial charge >= 0.3 is 0 Å². The highest BCUT2D eigenvalue weighted by Gasteiger charge is 2.20. The number of amides is 2. The molecule has 21 heavy (non-hydrogen) atoms. The zero-order chi connectivity index (χ0) is 15.1. The molecule has 6 nitrogen and oxygen atoms in total. The fourth-order valence-electron chi connectivity index (χ4n) is 2.36. The van der Waals surface area contributed by atoms with Crippen LogP contribution in [0.2, 0.25) is 0 Å². The van der Waals surface area contributed by atoms with Crippen molar-refractivity contribution in [2.75, 3.05) is 39.4 Å². The third kappa shape index (κ3) is 4.32. The Morgan fingerprint density at radius 3 is 2.67 bits per heavy atom. The van der Waals surface area contributed by atoms with Crippen molar-refractivity contribution in [1.29, 1.82) is 0 Å². The molecule has 1 aliphatic rings. The lowest BCUT2D eigenvalue weighted by atomic mass is 10.2. The van der Waals surface area contributed by atoms with E-state index >= 15 is 0 Å². The number of furan rings is 1.